The van der Waals surface area contributed by atoms with E-state index in [0.717, 1.165) is 28.8 Å². The van der Waals surface area contributed by atoms with E-state index < -0.39 is 5.97 Å². The summed E-state index contributed by atoms with van der Waals surface area (Å²) in [6, 6.07) is 13.3. The van der Waals surface area contributed by atoms with Crippen molar-refractivity contribution in [3.05, 3.63) is 64.8 Å². The Labute approximate surface area is 176 Å². The second-order valence-corrected chi connectivity index (χ2v) is 7.66. The fourth-order valence-corrected chi connectivity index (χ4v) is 4.23. The number of pyridine rings is 1. The number of allylic oxidation sites excluding steroid dienone is 1. The van der Waals surface area contributed by atoms with Crippen LogP contribution in [0.4, 0.5) is 0 Å². The summed E-state index contributed by atoms with van der Waals surface area (Å²) in [7, 11) is 1.62. The average molecular weight is 403 g/mol. The highest BCUT2D eigenvalue weighted by atomic mass is 16.5. The lowest BCUT2D eigenvalue weighted by Gasteiger charge is -2.26. The largest absolute Gasteiger partial charge is 0.493 e. The van der Waals surface area contributed by atoms with E-state index in [1.165, 1.54) is 0 Å². The molecule has 1 aliphatic rings. The van der Waals surface area contributed by atoms with Crippen molar-refractivity contribution in [3.8, 4) is 11.5 Å². The molecular formula is C25H25NO4. The Morgan fingerprint density at radius 3 is 2.73 bits per heavy atom. The van der Waals surface area contributed by atoms with Crippen molar-refractivity contribution in [2.45, 2.75) is 26.7 Å². The van der Waals surface area contributed by atoms with E-state index in [4.69, 9.17) is 14.5 Å². The number of ether oxygens (including phenoxy) is 2. The third-order valence-corrected chi connectivity index (χ3v) is 5.46. The summed E-state index contributed by atoms with van der Waals surface area (Å²) in [6.45, 7) is 4.63. The molecule has 4 rings (SSSR count). The maximum Gasteiger partial charge on any atom is 0.336 e. The van der Waals surface area contributed by atoms with Gasteiger partial charge in [0.25, 0.3) is 0 Å². The van der Waals surface area contributed by atoms with Crippen molar-refractivity contribution >= 4 is 28.5 Å². The summed E-state index contributed by atoms with van der Waals surface area (Å²) >= 11 is 0. The van der Waals surface area contributed by atoms with Crippen LogP contribution in [0.1, 0.15) is 47.4 Å². The fraction of sp³-hybridized carbons (Fsp3) is 0.280. The van der Waals surface area contributed by atoms with Crippen LogP contribution < -0.4 is 9.47 Å². The third kappa shape index (κ3) is 3.63. The molecule has 3 aromatic rings. The number of para-hydroxylation sites is 1. The van der Waals surface area contributed by atoms with Gasteiger partial charge in [-0.2, -0.15) is 0 Å². The summed E-state index contributed by atoms with van der Waals surface area (Å²) in [4.78, 5) is 17.0. The first-order chi connectivity index (χ1) is 14.5. The molecule has 30 heavy (non-hydrogen) atoms. The number of rotatable bonds is 5. The average Bonchev–Trinajstić information content (AvgIpc) is 2.72. The zero-order valence-corrected chi connectivity index (χ0v) is 17.4. The molecule has 154 valence electrons. The maximum absolute atomic E-state index is 12.2. The highest BCUT2D eigenvalue weighted by Crippen LogP contribution is 2.39. The van der Waals surface area contributed by atoms with Gasteiger partial charge in [0.2, 0.25) is 0 Å². The topological polar surface area (TPSA) is 68.7 Å². The van der Waals surface area contributed by atoms with Crippen molar-refractivity contribution in [1.82, 2.24) is 4.98 Å². The van der Waals surface area contributed by atoms with E-state index in [-0.39, 0.29) is 0 Å². The highest BCUT2D eigenvalue weighted by molar-refractivity contribution is 6.05. The first-order valence-corrected chi connectivity index (χ1v) is 10.2. The second kappa shape index (κ2) is 8.19. The smallest absolute Gasteiger partial charge is 0.336 e. The van der Waals surface area contributed by atoms with Crippen molar-refractivity contribution in [2.24, 2.45) is 5.92 Å². The number of nitrogens with zero attached hydrogens (tertiary/aromatic N) is 1. The molecule has 0 spiro atoms. The number of carboxylic acids is 1. The molecule has 0 saturated carbocycles. The predicted molar refractivity (Wildman–Crippen MR) is 118 cm³/mol. The van der Waals surface area contributed by atoms with Crippen molar-refractivity contribution in [3.63, 3.8) is 0 Å². The number of hydrogen-bond acceptors (Lipinski definition) is 4. The van der Waals surface area contributed by atoms with Gasteiger partial charge in [-0.25, -0.2) is 9.78 Å². The first-order valence-electron chi connectivity index (χ1n) is 10.2. The monoisotopic (exact) mass is 403 g/mol. The summed E-state index contributed by atoms with van der Waals surface area (Å²) in [5, 5.41) is 10.7. The van der Waals surface area contributed by atoms with Gasteiger partial charge < -0.3 is 14.6 Å². The van der Waals surface area contributed by atoms with Crippen molar-refractivity contribution in [2.75, 3.05) is 13.7 Å². The Bertz CT molecular complexity index is 1150. The van der Waals surface area contributed by atoms with E-state index in [9.17, 15) is 9.90 Å². The van der Waals surface area contributed by atoms with Gasteiger partial charge in [0.05, 0.1) is 30.5 Å². The molecule has 2 aromatic carbocycles. The molecule has 1 aromatic heterocycles. The lowest BCUT2D eigenvalue weighted by Crippen LogP contribution is -2.17. The van der Waals surface area contributed by atoms with E-state index in [2.05, 4.69) is 13.0 Å². The minimum absolute atomic E-state index is 0.328. The number of methoxy groups -OCH3 is 1. The molecule has 0 fully saturated rings. The zero-order valence-electron chi connectivity index (χ0n) is 17.4. The van der Waals surface area contributed by atoms with Gasteiger partial charge >= 0.3 is 5.97 Å². The molecule has 5 nitrogen and oxygen atoms in total. The van der Waals surface area contributed by atoms with Gasteiger partial charge in [0.15, 0.2) is 11.5 Å². The number of fused-ring (bicyclic) bond motifs is 2. The minimum Gasteiger partial charge on any atom is -0.493 e. The zero-order chi connectivity index (χ0) is 21.3. The second-order valence-electron chi connectivity index (χ2n) is 7.66. The third-order valence-electron chi connectivity index (χ3n) is 5.46. The molecule has 0 amide bonds. The molecule has 1 atom stereocenters. The van der Waals surface area contributed by atoms with Crippen molar-refractivity contribution in [1.29, 1.82) is 0 Å². The summed E-state index contributed by atoms with van der Waals surface area (Å²) in [6.07, 6.45) is 3.64. The molecule has 0 aliphatic heterocycles. The Morgan fingerprint density at radius 1 is 1.20 bits per heavy atom. The molecule has 0 unspecified atom stereocenters. The normalized spacial score (nSPS) is 17.0. The Morgan fingerprint density at radius 2 is 2.00 bits per heavy atom. The number of carbonyl (C=O) groups is 1. The fourth-order valence-electron chi connectivity index (χ4n) is 4.23. The minimum atomic E-state index is -0.902. The number of hydrogen-bond donors (Lipinski definition) is 1. The van der Waals surface area contributed by atoms with E-state index in [1.807, 2.05) is 49.4 Å². The molecule has 1 heterocycles. The van der Waals surface area contributed by atoms with Crippen LogP contribution in [0.25, 0.3) is 22.6 Å². The summed E-state index contributed by atoms with van der Waals surface area (Å²) in [5.74, 6) is 0.806. The summed E-state index contributed by atoms with van der Waals surface area (Å²) in [5.41, 5.74) is 4.71. The van der Waals surface area contributed by atoms with Crippen LogP contribution in [0.3, 0.4) is 0 Å². The van der Waals surface area contributed by atoms with Gasteiger partial charge in [-0.3, -0.25) is 0 Å². The van der Waals surface area contributed by atoms with Gasteiger partial charge in [-0.05, 0) is 66.7 Å². The predicted octanol–water partition coefficient (Wildman–Crippen LogP) is 5.46. The number of benzene rings is 2. The molecule has 0 saturated heterocycles. The number of aromatic nitrogens is 1. The van der Waals surface area contributed by atoms with Gasteiger partial charge in [0.1, 0.15) is 0 Å². The lowest BCUT2D eigenvalue weighted by atomic mass is 9.80. The van der Waals surface area contributed by atoms with Crippen LogP contribution >= 0.6 is 0 Å². The standard InChI is InChI=1S/C25H25NO4/c1-4-30-22-14-16(9-10-21(22)29-3)13-17-11-15(2)12-19-23(25(27)28)18-7-5-6-8-20(18)26-24(17)19/h5-10,13-15H,4,11-12H2,1-3H3,(H,27,28)/b17-13+/t15-/m0/s1. The Kier molecular flexibility index (Phi) is 5.44. The van der Waals surface area contributed by atoms with Crippen LogP contribution in [-0.2, 0) is 6.42 Å². The summed E-state index contributed by atoms with van der Waals surface area (Å²) < 4.78 is 11.1. The van der Waals surface area contributed by atoms with E-state index in [0.29, 0.717) is 46.9 Å². The van der Waals surface area contributed by atoms with Crippen molar-refractivity contribution < 1.29 is 19.4 Å². The molecule has 5 heteroatoms. The van der Waals surface area contributed by atoms with Crippen LogP contribution in [0.5, 0.6) is 11.5 Å². The quantitative estimate of drug-likeness (QED) is 0.612. The van der Waals surface area contributed by atoms with Gasteiger partial charge in [-0.15, -0.1) is 0 Å². The number of carboxylic acid groups (broad SMARTS) is 1. The molecule has 1 N–H and O–H groups in total. The van der Waals surface area contributed by atoms with Gasteiger partial charge in [-0.1, -0.05) is 31.2 Å². The van der Waals surface area contributed by atoms with E-state index >= 15 is 0 Å². The first kappa shape index (κ1) is 20.0. The SMILES string of the molecule is CCOc1cc(/C=C2\C[C@H](C)Cc3c2nc2ccccc2c3C(=O)O)ccc1OC. The van der Waals surface area contributed by atoms with Crippen LogP contribution in [0, 0.1) is 5.92 Å². The molecule has 0 radical (unpaired) electrons. The van der Waals surface area contributed by atoms with Crippen LogP contribution in [0.15, 0.2) is 42.5 Å². The molecule has 0 bridgehead atoms. The highest BCUT2D eigenvalue weighted by Gasteiger charge is 2.28. The molecular weight excluding hydrogens is 378 g/mol. The van der Waals surface area contributed by atoms with Gasteiger partial charge in [0, 0.05) is 5.39 Å². The molecule has 1 aliphatic carbocycles. The maximum atomic E-state index is 12.2. The van der Waals surface area contributed by atoms with Crippen LogP contribution in [0.2, 0.25) is 0 Å². The Balaban J connectivity index is 1.90. The lowest BCUT2D eigenvalue weighted by molar-refractivity contribution is 0.0697. The number of aromatic carboxylic acids is 1. The Hall–Kier alpha value is -3.34. The van der Waals surface area contributed by atoms with E-state index in [1.54, 1.807) is 7.11 Å². The van der Waals surface area contributed by atoms with Crippen LogP contribution in [-0.4, -0.2) is 29.8 Å².